The Kier molecular flexibility index (Phi) is 3.22. The lowest BCUT2D eigenvalue weighted by molar-refractivity contribution is 0.0738. The molecule has 1 saturated heterocycles. The van der Waals surface area contributed by atoms with E-state index in [1.807, 2.05) is 17.0 Å². The van der Waals surface area contributed by atoms with Crippen molar-refractivity contribution in [1.82, 2.24) is 24.6 Å². The molecule has 8 nitrogen and oxygen atoms in total. The van der Waals surface area contributed by atoms with Crippen molar-refractivity contribution in [2.45, 2.75) is 0 Å². The van der Waals surface area contributed by atoms with E-state index in [4.69, 9.17) is 4.42 Å². The number of fused-ring (bicyclic) bond motifs is 1. The van der Waals surface area contributed by atoms with E-state index < -0.39 is 0 Å². The van der Waals surface area contributed by atoms with Crippen LogP contribution in [0.5, 0.6) is 0 Å². The number of aryl methyl sites for hydroxylation is 1. The molecule has 0 unspecified atom stereocenters. The first-order chi connectivity index (χ1) is 11.2. The van der Waals surface area contributed by atoms with Crippen molar-refractivity contribution in [2.75, 3.05) is 31.1 Å². The molecule has 1 aliphatic rings. The van der Waals surface area contributed by atoms with E-state index in [0.29, 0.717) is 49.1 Å². The van der Waals surface area contributed by atoms with Gasteiger partial charge in [-0.2, -0.15) is 10.1 Å². The molecule has 4 heterocycles. The van der Waals surface area contributed by atoms with E-state index in [9.17, 15) is 4.79 Å². The molecule has 0 atom stereocenters. The van der Waals surface area contributed by atoms with Crippen LogP contribution in [0.2, 0.25) is 0 Å². The Morgan fingerprint density at radius 3 is 2.74 bits per heavy atom. The van der Waals surface area contributed by atoms with Gasteiger partial charge in [0.15, 0.2) is 5.58 Å². The minimum Gasteiger partial charge on any atom is -0.422 e. The van der Waals surface area contributed by atoms with Gasteiger partial charge in [-0.25, -0.2) is 4.98 Å². The highest BCUT2D eigenvalue weighted by Gasteiger charge is 2.25. The first kappa shape index (κ1) is 13.7. The topological polar surface area (TPSA) is 80.3 Å². The van der Waals surface area contributed by atoms with Crippen LogP contribution in [0.25, 0.3) is 11.2 Å². The van der Waals surface area contributed by atoms with Crippen molar-refractivity contribution in [3.05, 3.63) is 36.3 Å². The van der Waals surface area contributed by atoms with E-state index in [1.54, 1.807) is 35.1 Å². The van der Waals surface area contributed by atoms with E-state index in [2.05, 4.69) is 15.1 Å². The van der Waals surface area contributed by atoms with Gasteiger partial charge in [0, 0.05) is 45.6 Å². The predicted octanol–water partition coefficient (Wildman–Crippen LogP) is 0.919. The lowest BCUT2D eigenvalue weighted by Crippen LogP contribution is -2.49. The first-order valence-corrected chi connectivity index (χ1v) is 7.46. The molecule has 4 rings (SSSR count). The highest BCUT2D eigenvalue weighted by molar-refractivity contribution is 5.92. The van der Waals surface area contributed by atoms with Crippen LogP contribution in [0.1, 0.15) is 10.5 Å². The molecule has 1 fully saturated rings. The summed E-state index contributed by atoms with van der Waals surface area (Å²) in [7, 11) is 1.80. The van der Waals surface area contributed by atoms with Crippen LogP contribution in [0.4, 0.5) is 6.01 Å². The Hall–Kier alpha value is -2.90. The Morgan fingerprint density at radius 1 is 1.22 bits per heavy atom. The second kappa shape index (κ2) is 5.38. The van der Waals surface area contributed by atoms with Crippen molar-refractivity contribution < 1.29 is 9.21 Å². The molecule has 0 aromatic carbocycles. The van der Waals surface area contributed by atoms with Gasteiger partial charge in [0.1, 0.15) is 5.69 Å². The minimum atomic E-state index is -0.0375. The standard InChI is InChI=1S/C15H16N6O2/c1-19-6-4-11(18-19)14(22)20-7-9-21(10-8-20)15-17-13-12(23-15)3-2-5-16-13/h2-6H,7-10H2,1H3. The molecule has 23 heavy (non-hydrogen) atoms. The molecule has 0 spiro atoms. The van der Waals surface area contributed by atoms with Gasteiger partial charge in [-0.3, -0.25) is 9.48 Å². The molecule has 3 aromatic rings. The number of rotatable bonds is 2. The highest BCUT2D eigenvalue weighted by Crippen LogP contribution is 2.21. The summed E-state index contributed by atoms with van der Waals surface area (Å²) in [6.07, 6.45) is 3.47. The van der Waals surface area contributed by atoms with E-state index in [0.717, 1.165) is 0 Å². The Labute approximate surface area is 132 Å². The quantitative estimate of drug-likeness (QED) is 0.700. The lowest BCUT2D eigenvalue weighted by atomic mass is 10.3. The van der Waals surface area contributed by atoms with Crippen molar-refractivity contribution in [2.24, 2.45) is 7.05 Å². The molecule has 1 amide bonds. The van der Waals surface area contributed by atoms with Gasteiger partial charge in [0.2, 0.25) is 5.65 Å². The zero-order valence-corrected chi connectivity index (χ0v) is 12.7. The van der Waals surface area contributed by atoms with Gasteiger partial charge >= 0.3 is 0 Å². The van der Waals surface area contributed by atoms with Gasteiger partial charge in [-0.15, -0.1) is 0 Å². The summed E-state index contributed by atoms with van der Waals surface area (Å²) in [5.74, 6) is -0.0375. The number of hydrogen-bond donors (Lipinski definition) is 0. The zero-order valence-electron chi connectivity index (χ0n) is 12.7. The van der Waals surface area contributed by atoms with Gasteiger partial charge in [0.25, 0.3) is 11.9 Å². The smallest absolute Gasteiger partial charge is 0.300 e. The van der Waals surface area contributed by atoms with Crippen LogP contribution in [0, 0.1) is 0 Å². The number of piperazine rings is 1. The SMILES string of the molecule is Cn1ccc(C(=O)N2CCN(c3nc4ncccc4o3)CC2)n1. The van der Waals surface area contributed by atoms with Crippen LogP contribution in [-0.4, -0.2) is 56.7 Å². The molecule has 0 N–H and O–H groups in total. The fraction of sp³-hybridized carbons (Fsp3) is 0.333. The van der Waals surface area contributed by atoms with Crippen molar-refractivity contribution in [3.8, 4) is 0 Å². The number of hydrogen-bond acceptors (Lipinski definition) is 6. The number of amides is 1. The predicted molar refractivity (Wildman–Crippen MR) is 83.1 cm³/mol. The summed E-state index contributed by atoms with van der Waals surface area (Å²) in [6.45, 7) is 2.57. The van der Waals surface area contributed by atoms with Gasteiger partial charge in [0.05, 0.1) is 0 Å². The Balaban J connectivity index is 1.45. The summed E-state index contributed by atoms with van der Waals surface area (Å²) in [5.41, 5.74) is 1.76. The molecular weight excluding hydrogens is 296 g/mol. The number of pyridine rings is 1. The molecule has 118 valence electrons. The summed E-state index contributed by atoms with van der Waals surface area (Å²) < 4.78 is 7.36. The van der Waals surface area contributed by atoms with Crippen molar-refractivity contribution in [3.63, 3.8) is 0 Å². The lowest BCUT2D eigenvalue weighted by Gasteiger charge is -2.33. The zero-order chi connectivity index (χ0) is 15.8. The molecule has 0 radical (unpaired) electrons. The number of nitrogens with zero attached hydrogens (tertiary/aromatic N) is 6. The van der Waals surface area contributed by atoms with Crippen molar-refractivity contribution in [1.29, 1.82) is 0 Å². The molecular formula is C15H16N6O2. The number of anilines is 1. The maximum Gasteiger partial charge on any atom is 0.300 e. The number of aromatic nitrogens is 4. The third kappa shape index (κ3) is 2.52. The largest absolute Gasteiger partial charge is 0.422 e. The summed E-state index contributed by atoms with van der Waals surface area (Å²) in [5, 5.41) is 4.16. The van der Waals surface area contributed by atoms with Crippen LogP contribution < -0.4 is 4.90 Å². The third-order valence-electron chi connectivity index (χ3n) is 3.92. The number of oxazole rings is 1. The van der Waals surface area contributed by atoms with E-state index >= 15 is 0 Å². The monoisotopic (exact) mass is 312 g/mol. The first-order valence-electron chi connectivity index (χ1n) is 7.46. The molecule has 0 aliphatic carbocycles. The van der Waals surface area contributed by atoms with Crippen LogP contribution in [-0.2, 0) is 7.05 Å². The van der Waals surface area contributed by atoms with Crippen LogP contribution >= 0.6 is 0 Å². The minimum absolute atomic E-state index is 0.0375. The van der Waals surface area contributed by atoms with Gasteiger partial charge < -0.3 is 14.2 Å². The normalized spacial score (nSPS) is 15.3. The van der Waals surface area contributed by atoms with Crippen LogP contribution in [0.15, 0.2) is 35.0 Å². The average Bonchev–Trinajstić information content (AvgIpc) is 3.20. The third-order valence-corrected chi connectivity index (χ3v) is 3.92. The molecule has 3 aromatic heterocycles. The molecule has 8 heteroatoms. The highest BCUT2D eigenvalue weighted by atomic mass is 16.4. The number of carbonyl (C=O) groups is 1. The van der Waals surface area contributed by atoms with Crippen molar-refractivity contribution >= 4 is 23.2 Å². The van der Waals surface area contributed by atoms with E-state index in [-0.39, 0.29) is 5.91 Å². The Bertz CT molecular complexity index is 813. The fourth-order valence-corrected chi connectivity index (χ4v) is 2.68. The van der Waals surface area contributed by atoms with Gasteiger partial charge in [-0.1, -0.05) is 0 Å². The average molecular weight is 312 g/mol. The molecule has 0 saturated carbocycles. The number of carbonyl (C=O) groups excluding carboxylic acids is 1. The maximum absolute atomic E-state index is 12.4. The van der Waals surface area contributed by atoms with Crippen LogP contribution in [0.3, 0.4) is 0 Å². The Morgan fingerprint density at radius 2 is 2.04 bits per heavy atom. The summed E-state index contributed by atoms with van der Waals surface area (Å²) >= 11 is 0. The van der Waals surface area contributed by atoms with E-state index in [1.165, 1.54) is 0 Å². The second-order valence-corrected chi connectivity index (χ2v) is 5.48. The molecule has 1 aliphatic heterocycles. The summed E-state index contributed by atoms with van der Waals surface area (Å²) in [6, 6.07) is 5.96. The van der Waals surface area contributed by atoms with Gasteiger partial charge in [-0.05, 0) is 18.2 Å². The maximum atomic E-state index is 12.4. The summed E-state index contributed by atoms with van der Waals surface area (Å²) in [4.78, 5) is 24.8. The second-order valence-electron chi connectivity index (χ2n) is 5.48. The molecule has 0 bridgehead atoms. The fourth-order valence-electron chi connectivity index (χ4n) is 2.68.